The molecule has 108 valence electrons. The van der Waals surface area contributed by atoms with Crippen LogP contribution in [0.15, 0.2) is 6.20 Å². The van der Waals surface area contributed by atoms with Crippen LogP contribution in [0.25, 0.3) is 0 Å². The molecule has 2 rings (SSSR count). The zero-order valence-corrected chi connectivity index (χ0v) is 12.8. The molecule has 0 aromatic carbocycles. The molecule has 0 aliphatic heterocycles. The summed E-state index contributed by atoms with van der Waals surface area (Å²) >= 11 is 2.45. The third-order valence-corrected chi connectivity index (χ3v) is 4.89. The molecular weight excluding hydrogens is 370 g/mol. The Morgan fingerprint density at radius 2 is 2.21 bits per heavy atom. The van der Waals surface area contributed by atoms with Gasteiger partial charge in [-0.2, -0.15) is 18.3 Å². The van der Waals surface area contributed by atoms with E-state index in [1.54, 1.807) is 0 Å². The summed E-state index contributed by atoms with van der Waals surface area (Å²) in [5.74, 6) is 0.529. The smallest absolute Gasteiger partial charge is 0.318 e. The highest BCUT2D eigenvalue weighted by Crippen LogP contribution is 2.47. The lowest BCUT2D eigenvalue weighted by molar-refractivity contribution is -0.141. The Labute approximate surface area is 123 Å². The molecular formula is C12H17F3IN3. The van der Waals surface area contributed by atoms with E-state index in [0.29, 0.717) is 15.8 Å². The maximum Gasteiger partial charge on any atom is 0.433 e. The second kappa shape index (κ2) is 5.59. The summed E-state index contributed by atoms with van der Waals surface area (Å²) in [6, 6.07) is 0. The summed E-state index contributed by atoms with van der Waals surface area (Å²) in [6.45, 7) is 0.962. The molecule has 19 heavy (non-hydrogen) atoms. The van der Waals surface area contributed by atoms with Crippen molar-refractivity contribution in [3.05, 3.63) is 17.5 Å². The molecule has 1 aliphatic rings. The van der Waals surface area contributed by atoms with Gasteiger partial charge in [-0.05, 0) is 38.6 Å². The van der Waals surface area contributed by atoms with Crippen molar-refractivity contribution in [3.63, 3.8) is 0 Å². The normalized spacial score (nSPS) is 27.3. The Hall–Kier alpha value is -0.310. The molecule has 1 aliphatic carbocycles. The van der Waals surface area contributed by atoms with Crippen LogP contribution >= 0.6 is 22.6 Å². The zero-order chi connectivity index (χ0) is 14.1. The van der Waals surface area contributed by atoms with E-state index < -0.39 is 11.9 Å². The van der Waals surface area contributed by atoms with E-state index in [-0.39, 0.29) is 5.56 Å². The fourth-order valence-corrected chi connectivity index (χ4v) is 4.37. The maximum absolute atomic E-state index is 12.6. The molecule has 0 amide bonds. The first-order valence-electron chi connectivity index (χ1n) is 6.27. The second-order valence-electron chi connectivity index (χ2n) is 5.26. The van der Waals surface area contributed by atoms with Gasteiger partial charge >= 0.3 is 6.18 Å². The lowest BCUT2D eigenvalue weighted by Crippen LogP contribution is -2.45. The number of aryl methyl sites for hydroxylation is 1. The molecule has 3 nitrogen and oxygen atoms in total. The van der Waals surface area contributed by atoms with Crippen molar-refractivity contribution in [3.8, 4) is 0 Å². The van der Waals surface area contributed by atoms with Crippen LogP contribution in [-0.4, -0.2) is 27.2 Å². The monoisotopic (exact) mass is 387 g/mol. The summed E-state index contributed by atoms with van der Waals surface area (Å²) in [6.07, 6.45) is 0.373. The zero-order valence-electron chi connectivity index (χ0n) is 10.6. The van der Waals surface area contributed by atoms with Gasteiger partial charge in [0.05, 0.1) is 6.20 Å². The van der Waals surface area contributed by atoms with Crippen molar-refractivity contribution >= 4 is 22.6 Å². The van der Waals surface area contributed by atoms with Gasteiger partial charge in [0.25, 0.3) is 0 Å². The molecule has 7 heteroatoms. The minimum Gasteiger partial charge on any atom is -0.318 e. The molecule has 0 bridgehead atoms. The van der Waals surface area contributed by atoms with Crippen LogP contribution in [0.4, 0.5) is 13.2 Å². The first-order chi connectivity index (χ1) is 8.84. The van der Waals surface area contributed by atoms with Crippen molar-refractivity contribution in [2.24, 2.45) is 5.92 Å². The largest absolute Gasteiger partial charge is 0.433 e. The van der Waals surface area contributed by atoms with Crippen molar-refractivity contribution in [1.29, 1.82) is 0 Å². The van der Waals surface area contributed by atoms with Crippen LogP contribution in [0, 0.1) is 5.92 Å². The topological polar surface area (TPSA) is 40.7 Å². The summed E-state index contributed by atoms with van der Waals surface area (Å²) in [7, 11) is 1.93. The van der Waals surface area contributed by atoms with Crippen molar-refractivity contribution in [2.75, 3.05) is 13.6 Å². The number of nitrogens with zero attached hydrogens (tertiary/aromatic N) is 1. The fraction of sp³-hybridized carbons (Fsp3) is 0.750. The summed E-state index contributed by atoms with van der Waals surface area (Å²) < 4.78 is 38.2. The van der Waals surface area contributed by atoms with E-state index in [1.807, 2.05) is 7.05 Å². The predicted molar refractivity (Wildman–Crippen MR) is 75.3 cm³/mol. The molecule has 0 spiro atoms. The fourth-order valence-electron chi connectivity index (χ4n) is 2.75. The van der Waals surface area contributed by atoms with Crippen molar-refractivity contribution < 1.29 is 13.2 Å². The molecule has 1 heterocycles. The maximum atomic E-state index is 12.6. The van der Waals surface area contributed by atoms with E-state index in [0.717, 1.165) is 25.8 Å². The highest BCUT2D eigenvalue weighted by molar-refractivity contribution is 14.1. The standard InChI is InChI=1S/C12H17F3IN3/c1-17-7-11(16)4-8(5-11)2-3-9-6-18-19-10(9)12(13,14)15/h6,8,17H,2-5,7H2,1H3,(H,18,19). The van der Waals surface area contributed by atoms with Gasteiger partial charge < -0.3 is 5.32 Å². The number of halogens is 4. The van der Waals surface area contributed by atoms with Crippen LogP contribution in [0.5, 0.6) is 0 Å². The number of hydrogen-bond acceptors (Lipinski definition) is 2. The minimum atomic E-state index is -4.33. The molecule has 2 N–H and O–H groups in total. The number of aromatic nitrogens is 2. The highest BCUT2D eigenvalue weighted by atomic mass is 127. The van der Waals surface area contributed by atoms with Gasteiger partial charge in [-0.25, -0.2) is 0 Å². The molecule has 0 radical (unpaired) electrons. The average Bonchev–Trinajstić information content (AvgIpc) is 2.71. The number of H-pyrrole nitrogens is 1. The first kappa shape index (κ1) is 15.1. The Morgan fingerprint density at radius 1 is 1.53 bits per heavy atom. The molecule has 1 aromatic heterocycles. The van der Waals surface area contributed by atoms with Crippen LogP contribution < -0.4 is 5.32 Å². The summed E-state index contributed by atoms with van der Waals surface area (Å²) in [4.78, 5) is 0. The van der Waals surface area contributed by atoms with Crippen molar-refractivity contribution in [2.45, 2.75) is 35.3 Å². The Bertz CT molecular complexity index is 424. The lowest BCUT2D eigenvalue weighted by Gasteiger charge is -2.43. The van der Waals surface area contributed by atoms with E-state index in [2.05, 4.69) is 38.1 Å². The highest BCUT2D eigenvalue weighted by Gasteiger charge is 2.41. The van der Waals surface area contributed by atoms with Gasteiger partial charge in [0, 0.05) is 15.5 Å². The molecule has 1 aromatic rings. The molecule has 0 atom stereocenters. The van der Waals surface area contributed by atoms with Gasteiger partial charge in [-0.3, -0.25) is 5.10 Å². The number of rotatable bonds is 5. The first-order valence-corrected chi connectivity index (χ1v) is 7.35. The second-order valence-corrected chi connectivity index (χ2v) is 7.55. The quantitative estimate of drug-likeness (QED) is 0.602. The molecule has 0 saturated heterocycles. The van der Waals surface area contributed by atoms with Crippen molar-refractivity contribution in [1.82, 2.24) is 15.5 Å². The third kappa shape index (κ3) is 3.62. The molecule has 1 saturated carbocycles. The van der Waals surface area contributed by atoms with Crippen LogP contribution in [-0.2, 0) is 12.6 Å². The van der Waals surface area contributed by atoms with Gasteiger partial charge in [0.1, 0.15) is 5.69 Å². The third-order valence-electron chi connectivity index (χ3n) is 3.63. The van der Waals surface area contributed by atoms with E-state index in [9.17, 15) is 13.2 Å². The molecule has 0 unspecified atom stereocenters. The van der Waals surface area contributed by atoms with Gasteiger partial charge in [-0.1, -0.05) is 22.6 Å². The molecule has 1 fully saturated rings. The van der Waals surface area contributed by atoms with Crippen LogP contribution in [0.1, 0.15) is 30.5 Å². The summed E-state index contributed by atoms with van der Waals surface area (Å²) in [5.41, 5.74) is -0.408. The van der Waals surface area contributed by atoms with Crippen LogP contribution in [0.2, 0.25) is 0 Å². The Morgan fingerprint density at radius 3 is 2.79 bits per heavy atom. The number of nitrogens with one attached hydrogen (secondary N) is 2. The number of alkyl halides is 4. The summed E-state index contributed by atoms with van der Waals surface area (Å²) in [5, 5.41) is 8.73. The van der Waals surface area contributed by atoms with E-state index in [1.165, 1.54) is 6.20 Å². The Balaban J connectivity index is 1.84. The minimum absolute atomic E-state index is 0.284. The van der Waals surface area contributed by atoms with Gasteiger partial charge in [-0.15, -0.1) is 0 Å². The van der Waals surface area contributed by atoms with Gasteiger partial charge in [0.15, 0.2) is 0 Å². The number of hydrogen-bond donors (Lipinski definition) is 2. The van der Waals surface area contributed by atoms with Crippen LogP contribution in [0.3, 0.4) is 0 Å². The number of aromatic amines is 1. The Kier molecular flexibility index (Phi) is 4.44. The SMILES string of the molecule is CNCC1(I)CC(CCc2cn[nH]c2C(F)(F)F)C1. The predicted octanol–water partition coefficient (Wildman–Crippen LogP) is 3.16. The van der Waals surface area contributed by atoms with Gasteiger partial charge in [0.2, 0.25) is 0 Å². The average molecular weight is 387 g/mol. The van der Waals surface area contributed by atoms with E-state index in [4.69, 9.17) is 0 Å². The van der Waals surface area contributed by atoms with E-state index >= 15 is 0 Å². The lowest BCUT2D eigenvalue weighted by atomic mass is 9.72.